The van der Waals surface area contributed by atoms with E-state index in [0.29, 0.717) is 48.4 Å². The number of hydrogen-bond donors (Lipinski definition) is 8. The van der Waals surface area contributed by atoms with Gasteiger partial charge in [-0.3, -0.25) is 28.8 Å². The summed E-state index contributed by atoms with van der Waals surface area (Å²) in [7, 11) is 4.51. The summed E-state index contributed by atoms with van der Waals surface area (Å²) in [6.07, 6.45) is 6.70. The van der Waals surface area contributed by atoms with Crippen molar-refractivity contribution in [2.75, 3.05) is 76.4 Å². The highest BCUT2D eigenvalue weighted by Crippen LogP contribution is 2.32. The molecule has 6 rings (SSSR count). The van der Waals surface area contributed by atoms with Crippen LogP contribution in [0.15, 0.2) is 72.8 Å². The Morgan fingerprint density at radius 2 is 0.651 bits per heavy atom. The third-order valence-corrected chi connectivity index (χ3v) is 19.4. The van der Waals surface area contributed by atoms with Crippen molar-refractivity contribution < 1.29 is 66.9 Å². The maximum absolute atomic E-state index is 13.4. The summed E-state index contributed by atoms with van der Waals surface area (Å²) >= 11 is 0. The van der Waals surface area contributed by atoms with Crippen LogP contribution >= 0.6 is 81.0 Å². The standard InChI is InChI=1S/C29H45N3O6.2C24H37N3O4.6H2S/c1-19(2)20(3)25(33)17-23(16-21-12-14-32(15-13-21)28(36)38-29(4,5)6)26(34)31-24-10-8-22(9-11-24)18-37-27(35)30-7;2*1-16(2)17(3)22(28)14-20(13-18-9-11-26-12-10-18)23(29)27-21-7-5-19(6-8-21)15-31-24(30)25-4;;;;;;/h8-11,19-21,23H,12-18H2,1-7H3,(H,30,35)(H,31,34);2*5-8,16-18,20,26H,9-15H2,1-4H3,(H,25,30)(H,27,29);6*1H2/t20-,23+;2*17-,20+;;;;;;/m000....../s1. The molecule has 8 N–H and O–H groups in total. The van der Waals surface area contributed by atoms with Crippen molar-refractivity contribution in [3.8, 4) is 0 Å². The minimum absolute atomic E-state index is 0. The Kier molecular flexibility index (Phi) is 53.9. The van der Waals surface area contributed by atoms with Crippen molar-refractivity contribution in [3.63, 3.8) is 0 Å². The second kappa shape index (κ2) is 54.7. The number of anilines is 3. The second-order valence-electron chi connectivity index (χ2n) is 29.2. The number of alkyl carbamates (subject to hydrolysis) is 3. The van der Waals surface area contributed by atoms with Gasteiger partial charge < -0.3 is 66.4 Å². The number of likely N-dealkylation sites (tertiary alicyclic amines) is 1. The van der Waals surface area contributed by atoms with Gasteiger partial charge in [0.15, 0.2) is 0 Å². The number of hydrogen-bond acceptors (Lipinski definition) is 16. The molecule has 3 heterocycles. The molecular formula is C77H131N9O14S6. The number of carbonyl (C=O) groups excluding carboxylic acids is 10. The molecule has 3 aromatic rings. The van der Waals surface area contributed by atoms with Gasteiger partial charge in [0, 0.05) is 106 Å². The van der Waals surface area contributed by atoms with Crippen LogP contribution in [0.4, 0.5) is 36.2 Å². The molecule has 0 spiro atoms. The first-order chi connectivity index (χ1) is 47.4. The van der Waals surface area contributed by atoms with Crippen LogP contribution in [0.25, 0.3) is 0 Å². The molecule has 23 nitrogen and oxygen atoms in total. The minimum atomic E-state index is -0.542. The molecule has 106 heavy (non-hydrogen) atoms. The Hall–Kier alpha value is -5.82. The molecule has 29 heteroatoms. The molecule has 3 fully saturated rings. The molecule has 604 valence electrons. The number of piperidine rings is 3. The van der Waals surface area contributed by atoms with Crippen molar-refractivity contribution in [2.24, 2.45) is 71.0 Å². The number of amides is 7. The van der Waals surface area contributed by atoms with Gasteiger partial charge >= 0.3 is 24.4 Å². The van der Waals surface area contributed by atoms with E-state index in [1.807, 2.05) is 107 Å². The van der Waals surface area contributed by atoms with Crippen LogP contribution in [0, 0.1) is 71.0 Å². The summed E-state index contributed by atoms with van der Waals surface area (Å²) in [6.45, 7) is 29.0. The average Bonchev–Trinajstić information content (AvgIpc) is 0.839. The summed E-state index contributed by atoms with van der Waals surface area (Å²) in [6, 6.07) is 21.5. The lowest BCUT2D eigenvalue weighted by Crippen LogP contribution is -2.42. The van der Waals surface area contributed by atoms with Crippen LogP contribution in [0.3, 0.4) is 0 Å². The van der Waals surface area contributed by atoms with Gasteiger partial charge in [0.05, 0.1) is 0 Å². The first-order valence-electron chi connectivity index (χ1n) is 36.1. The maximum atomic E-state index is 13.4. The van der Waals surface area contributed by atoms with Crippen LogP contribution in [0.2, 0.25) is 0 Å². The van der Waals surface area contributed by atoms with Crippen molar-refractivity contribution in [1.29, 1.82) is 0 Å². The Bertz CT molecular complexity index is 2950. The molecule has 3 saturated heterocycles. The number of nitrogens with zero attached hydrogens (tertiary/aromatic N) is 1. The molecule has 3 aliphatic heterocycles. The molecule has 6 atom stereocenters. The van der Waals surface area contributed by atoms with Crippen molar-refractivity contribution in [1.82, 2.24) is 31.5 Å². The van der Waals surface area contributed by atoms with Gasteiger partial charge in [0.25, 0.3) is 0 Å². The number of rotatable bonds is 30. The average molecular weight is 1600 g/mol. The zero-order chi connectivity index (χ0) is 74.1. The van der Waals surface area contributed by atoms with Crippen LogP contribution in [0.1, 0.15) is 177 Å². The van der Waals surface area contributed by atoms with Crippen molar-refractivity contribution in [2.45, 2.75) is 186 Å². The highest BCUT2D eigenvalue weighted by molar-refractivity contribution is 7.60. The maximum Gasteiger partial charge on any atom is 0.410 e. The molecule has 0 bridgehead atoms. The molecule has 3 aliphatic rings. The molecule has 7 amide bonds. The van der Waals surface area contributed by atoms with Gasteiger partial charge in [0.2, 0.25) is 17.7 Å². The molecule has 0 radical (unpaired) electrons. The fourth-order valence-corrected chi connectivity index (χ4v) is 11.8. The normalized spacial score (nSPS) is 15.3. The quantitative estimate of drug-likeness (QED) is 0.0288. The van der Waals surface area contributed by atoms with E-state index in [4.69, 9.17) is 18.9 Å². The van der Waals surface area contributed by atoms with Crippen LogP contribution in [-0.4, -0.2) is 130 Å². The molecule has 0 saturated carbocycles. The number of ether oxygens (including phenoxy) is 4. The number of nitrogens with one attached hydrogen (secondary N) is 8. The Morgan fingerprint density at radius 3 is 0.877 bits per heavy atom. The second-order valence-corrected chi connectivity index (χ2v) is 29.2. The molecule has 0 aromatic heterocycles. The lowest BCUT2D eigenvalue weighted by Gasteiger charge is -2.34. The zero-order valence-corrected chi connectivity index (χ0v) is 71.4. The van der Waals surface area contributed by atoms with E-state index in [-0.39, 0.29) is 214 Å². The van der Waals surface area contributed by atoms with E-state index in [1.165, 1.54) is 21.1 Å². The lowest BCUT2D eigenvalue weighted by molar-refractivity contribution is -0.129. The number of benzene rings is 3. The van der Waals surface area contributed by atoms with E-state index in [1.54, 1.807) is 53.4 Å². The highest BCUT2D eigenvalue weighted by Gasteiger charge is 2.34. The van der Waals surface area contributed by atoms with Crippen molar-refractivity contribution >= 4 is 157 Å². The van der Waals surface area contributed by atoms with E-state index >= 15 is 0 Å². The number of Topliss-reactive ketones (excluding diaryl/α,β-unsaturated/α-hetero) is 3. The van der Waals surface area contributed by atoms with Gasteiger partial charge in [-0.1, -0.05) is 98.7 Å². The predicted molar refractivity (Wildman–Crippen MR) is 452 cm³/mol. The number of ketones is 3. The van der Waals surface area contributed by atoms with Gasteiger partial charge in [0.1, 0.15) is 42.8 Å². The Balaban J connectivity index is -0.00000147. The first-order valence-corrected chi connectivity index (χ1v) is 36.1. The smallest absolute Gasteiger partial charge is 0.410 e. The summed E-state index contributed by atoms with van der Waals surface area (Å²) in [4.78, 5) is 126. The van der Waals surface area contributed by atoms with Gasteiger partial charge in [-0.25, -0.2) is 19.2 Å². The molecule has 0 aliphatic carbocycles. The fourth-order valence-electron chi connectivity index (χ4n) is 11.8. The van der Waals surface area contributed by atoms with Crippen molar-refractivity contribution in [3.05, 3.63) is 89.5 Å². The monoisotopic (exact) mass is 1600 g/mol. The predicted octanol–water partition coefficient (Wildman–Crippen LogP) is 13.5. The van der Waals surface area contributed by atoms with Crippen LogP contribution in [0.5, 0.6) is 0 Å². The van der Waals surface area contributed by atoms with E-state index in [0.717, 1.165) is 94.2 Å². The summed E-state index contributed by atoms with van der Waals surface area (Å²) in [5.74, 6) is 0.566. The van der Waals surface area contributed by atoms with Crippen LogP contribution < -0.4 is 42.5 Å². The fraction of sp³-hybridized carbons (Fsp3) is 0.636. The Labute approximate surface area is 673 Å². The topological polar surface area (TPSA) is 307 Å². The first kappa shape index (κ1) is 104. The van der Waals surface area contributed by atoms with E-state index in [2.05, 4.69) is 42.5 Å². The van der Waals surface area contributed by atoms with E-state index in [9.17, 15) is 47.9 Å². The third-order valence-electron chi connectivity index (χ3n) is 19.4. The van der Waals surface area contributed by atoms with Gasteiger partial charge in [-0.15, -0.1) is 0 Å². The SMILES string of the molecule is CNC(=O)OCc1ccc(NC(=O)[C@@H](CC(=O)[C@@H](C)C(C)C)CC2CCN(C(=O)OC(C)(C)C)CC2)cc1.CNC(=O)OCc1ccc(NC(=O)[C@@H](CC(=O)[C@@H](C)C(C)C)CC2CCNCC2)cc1.CNC(=O)OCc1ccc(NC(=O)[C@@H](CC(=O)[C@@H](C)C(C)C)CC2CCNCC2)cc1.S.S.S.S.S.S. The Morgan fingerprint density at radius 1 is 0.406 bits per heavy atom. The zero-order valence-electron chi connectivity index (χ0n) is 65.4. The summed E-state index contributed by atoms with van der Waals surface area (Å²) in [5, 5.41) is 22.8. The van der Waals surface area contributed by atoms with E-state index < -0.39 is 29.8 Å². The molecule has 0 unspecified atom stereocenters. The van der Waals surface area contributed by atoms with Crippen LogP contribution in [-0.2, 0) is 67.5 Å². The largest absolute Gasteiger partial charge is 0.445 e. The van der Waals surface area contributed by atoms with Gasteiger partial charge in [-0.05, 0) is 193 Å². The minimum Gasteiger partial charge on any atom is -0.445 e. The van der Waals surface area contributed by atoms with Gasteiger partial charge in [-0.2, -0.15) is 81.0 Å². The summed E-state index contributed by atoms with van der Waals surface area (Å²) < 4.78 is 20.6. The number of carbonyl (C=O) groups is 10. The lowest BCUT2D eigenvalue weighted by atomic mass is 9.81. The molecule has 3 aromatic carbocycles. The molecular weight excluding hydrogens is 1470 g/mol. The third kappa shape index (κ3) is 40.0. The summed E-state index contributed by atoms with van der Waals surface area (Å²) in [5.41, 5.74) is 3.87. The highest BCUT2D eigenvalue weighted by atomic mass is 32.1.